The van der Waals surface area contributed by atoms with Crippen LogP contribution in [0.25, 0.3) is 11.1 Å². The Morgan fingerprint density at radius 3 is 2.36 bits per heavy atom. The molecule has 7 nitrogen and oxygen atoms in total. The predicted molar refractivity (Wildman–Crippen MR) is 188 cm³/mol. The number of aryl methyl sites for hydroxylation is 1. The van der Waals surface area contributed by atoms with Crippen LogP contribution in [0.5, 0.6) is 0 Å². The van der Waals surface area contributed by atoms with Crippen LogP contribution in [-0.2, 0) is 9.53 Å². The third kappa shape index (κ3) is 10.8. The number of carboxylic acid groups (broad SMARTS) is 1. The van der Waals surface area contributed by atoms with Crippen LogP contribution in [0.15, 0.2) is 42.5 Å². The number of nitrogens with one attached hydrogen (secondary N) is 1. The summed E-state index contributed by atoms with van der Waals surface area (Å²) in [5.41, 5.74) is 2.90. The van der Waals surface area contributed by atoms with E-state index in [9.17, 15) is 19.5 Å². The van der Waals surface area contributed by atoms with Gasteiger partial charge in [0.1, 0.15) is 11.6 Å². The van der Waals surface area contributed by atoms with Gasteiger partial charge in [0.15, 0.2) is 0 Å². The monoisotopic (exact) mass is 656 g/mol. The van der Waals surface area contributed by atoms with Crippen molar-refractivity contribution in [3.63, 3.8) is 0 Å². The number of carbonyl (C=O) groups excluding carboxylic acids is 2. The smallest absolute Gasteiger partial charge is 0.418 e. The van der Waals surface area contributed by atoms with Gasteiger partial charge < -0.3 is 9.84 Å². The summed E-state index contributed by atoms with van der Waals surface area (Å²) in [4.78, 5) is 41.3. The molecule has 2 N–H and O–H groups in total. The van der Waals surface area contributed by atoms with E-state index in [1.165, 1.54) is 43.9 Å². The van der Waals surface area contributed by atoms with Gasteiger partial charge in [0.05, 0.1) is 5.37 Å². The first-order valence-corrected chi connectivity index (χ1v) is 18.7. The van der Waals surface area contributed by atoms with E-state index in [2.05, 4.69) is 19.2 Å². The third-order valence-corrected chi connectivity index (χ3v) is 9.91. The minimum atomic E-state index is -1.37. The Balaban J connectivity index is 2.09. The van der Waals surface area contributed by atoms with E-state index in [1.54, 1.807) is 26.8 Å². The quantitative estimate of drug-likeness (QED) is 0.195. The number of imide groups is 1. The largest absolute Gasteiger partial charge is 0.480 e. The summed E-state index contributed by atoms with van der Waals surface area (Å²) in [6.07, 6.45) is 8.73. The van der Waals surface area contributed by atoms with E-state index in [4.69, 9.17) is 4.74 Å². The third-order valence-electron chi connectivity index (χ3n) is 8.19. The number of rotatable bonds is 14. The second-order valence-electron chi connectivity index (χ2n) is 13.1. The number of carbonyl (C=O) groups is 3. The standard InChI is InChI=1S/C36H52N2O5S2/c1-8-45-32(37-25(3)22-26-15-10-9-11-16-26)27-18-19-29(30(23-27)28-17-13-12-14-24(28)2)33(39)38(35(42)43-36(4,5)6)31(34(40)41)20-21-44-7/h12-14,17-19,23,25-26,31-32,37H,8-11,15-16,20-22H2,1-7H3,(H,40,41). The molecule has 3 atom stereocenters. The molecule has 0 saturated heterocycles. The lowest BCUT2D eigenvalue weighted by Gasteiger charge is -2.31. The SMILES string of the molecule is CCSC(NC(C)CC1CCCCC1)c1ccc(C(=O)N(C(=O)OC(C)(C)C)C(CCSC)C(=O)O)c(-c2ccccc2C)c1. The summed E-state index contributed by atoms with van der Waals surface area (Å²) in [6.45, 7) is 11.5. The van der Waals surface area contributed by atoms with Gasteiger partial charge in [0.25, 0.3) is 5.91 Å². The van der Waals surface area contributed by atoms with Crippen molar-refractivity contribution in [3.8, 4) is 11.1 Å². The highest BCUT2D eigenvalue weighted by Crippen LogP contribution is 2.36. The molecule has 1 aliphatic rings. The van der Waals surface area contributed by atoms with Crippen LogP contribution in [0.4, 0.5) is 4.79 Å². The van der Waals surface area contributed by atoms with E-state index in [0.29, 0.717) is 17.4 Å². The molecule has 1 fully saturated rings. The summed E-state index contributed by atoms with van der Waals surface area (Å²) in [5.74, 6) is 0.210. The average Bonchev–Trinajstić information content (AvgIpc) is 2.98. The number of amides is 2. The van der Waals surface area contributed by atoms with Crippen molar-refractivity contribution < 1.29 is 24.2 Å². The van der Waals surface area contributed by atoms with Crippen molar-refractivity contribution >= 4 is 41.5 Å². The number of carboxylic acids is 1. The molecule has 248 valence electrons. The van der Waals surface area contributed by atoms with Gasteiger partial charge in [-0.1, -0.05) is 69.4 Å². The molecular weight excluding hydrogens is 605 g/mol. The number of ether oxygens (including phenoxy) is 1. The fourth-order valence-corrected chi connectivity index (χ4v) is 7.51. The molecule has 0 bridgehead atoms. The summed E-state index contributed by atoms with van der Waals surface area (Å²) in [6, 6.07) is 12.5. The van der Waals surface area contributed by atoms with Gasteiger partial charge in [-0.15, -0.1) is 11.8 Å². The molecule has 0 spiro atoms. The van der Waals surface area contributed by atoms with E-state index in [-0.39, 0.29) is 17.4 Å². The van der Waals surface area contributed by atoms with Crippen molar-refractivity contribution in [1.82, 2.24) is 10.2 Å². The van der Waals surface area contributed by atoms with Gasteiger partial charge in [0.2, 0.25) is 0 Å². The first-order chi connectivity index (χ1) is 21.4. The highest BCUT2D eigenvalue weighted by Gasteiger charge is 2.39. The van der Waals surface area contributed by atoms with Gasteiger partial charge in [0, 0.05) is 11.6 Å². The molecule has 0 aliphatic heterocycles. The topological polar surface area (TPSA) is 95.9 Å². The Labute approximate surface area is 278 Å². The first-order valence-electron chi connectivity index (χ1n) is 16.2. The van der Waals surface area contributed by atoms with Gasteiger partial charge in [-0.2, -0.15) is 11.8 Å². The summed E-state index contributed by atoms with van der Waals surface area (Å²) >= 11 is 3.28. The van der Waals surface area contributed by atoms with Crippen LogP contribution in [0.3, 0.4) is 0 Å². The molecule has 1 aliphatic carbocycles. The highest BCUT2D eigenvalue weighted by atomic mass is 32.2. The zero-order valence-electron chi connectivity index (χ0n) is 28.1. The van der Waals surface area contributed by atoms with Gasteiger partial charge in [-0.05, 0) is 106 Å². The summed E-state index contributed by atoms with van der Waals surface area (Å²) in [7, 11) is 0. The van der Waals surface area contributed by atoms with Gasteiger partial charge in [-0.25, -0.2) is 14.5 Å². The predicted octanol–water partition coefficient (Wildman–Crippen LogP) is 8.95. The normalized spacial score (nSPS) is 16.1. The Bertz CT molecular complexity index is 1290. The second kappa shape index (κ2) is 17.4. The Morgan fingerprint density at radius 1 is 1.07 bits per heavy atom. The number of benzene rings is 2. The molecule has 3 unspecified atom stereocenters. The van der Waals surface area contributed by atoms with Crippen molar-refractivity contribution in [2.45, 2.75) is 110 Å². The van der Waals surface area contributed by atoms with Crippen molar-refractivity contribution in [2.24, 2.45) is 5.92 Å². The Hall–Kier alpha value is -2.49. The van der Waals surface area contributed by atoms with E-state index in [0.717, 1.165) is 39.7 Å². The molecule has 2 aromatic rings. The van der Waals surface area contributed by atoms with Crippen LogP contribution in [0, 0.1) is 12.8 Å². The maximum atomic E-state index is 14.4. The number of aliphatic carboxylic acids is 1. The van der Waals surface area contributed by atoms with Gasteiger partial charge >= 0.3 is 12.1 Å². The summed E-state index contributed by atoms with van der Waals surface area (Å²) < 4.78 is 5.61. The highest BCUT2D eigenvalue weighted by molar-refractivity contribution is 7.99. The lowest BCUT2D eigenvalue weighted by atomic mass is 9.85. The zero-order valence-corrected chi connectivity index (χ0v) is 29.7. The van der Waals surface area contributed by atoms with Crippen molar-refractivity contribution in [2.75, 3.05) is 17.8 Å². The fourth-order valence-electron chi connectivity index (χ4n) is 6.05. The molecule has 0 heterocycles. The minimum Gasteiger partial charge on any atom is -0.480 e. The van der Waals surface area contributed by atoms with Crippen LogP contribution in [-0.4, -0.2) is 63.4 Å². The molecule has 0 radical (unpaired) electrons. The minimum absolute atomic E-state index is 0.0100. The van der Waals surface area contributed by atoms with Crippen molar-refractivity contribution in [3.05, 3.63) is 59.2 Å². The Morgan fingerprint density at radius 2 is 1.76 bits per heavy atom. The lowest BCUT2D eigenvalue weighted by molar-refractivity contribution is -0.142. The number of hydrogen-bond acceptors (Lipinski definition) is 7. The van der Waals surface area contributed by atoms with E-state index in [1.807, 2.05) is 61.3 Å². The summed E-state index contributed by atoms with van der Waals surface area (Å²) in [5, 5.41) is 14.1. The number of hydrogen-bond donors (Lipinski definition) is 2. The van der Waals surface area contributed by atoms with Crippen LogP contribution in [0.1, 0.15) is 106 Å². The second-order valence-corrected chi connectivity index (χ2v) is 15.4. The molecule has 9 heteroatoms. The van der Waals surface area contributed by atoms with Crippen LogP contribution >= 0.6 is 23.5 Å². The molecule has 0 aromatic heterocycles. The van der Waals surface area contributed by atoms with E-state index >= 15 is 0 Å². The molecule has 3 rings (SSSR count). The lowest BCUT2D eigenvalue weighted by Crippen LogP contribution is -2.50. The van der Waals surface area contributed by atoms with Gasteiger partial charge in [-0.3, -0.25) is 10.1 Å². The van der Waals surface area contributed by atoms with Crippen LogP contribution in [0.2, 0.25) is 0 Å². The number of nitrogens with zero attached hydrogens (tertiary/aromatic N) is 1. The number of thioether (sulfide) groups is 2. The molecule has 45 heavy (non-hydrogen) atoms. The van der Waals surface area contributed by atoms with Crippen molar-refractivity contribution in [1.29, 1.82) is 0 Å². The average molecular weight is 657 g/mol. The first kappa shape index (κ1) is 37.0. The van der Waals surface area contributed by atoms with Crippen LogP contribution < -0.4 is 5.32 Å². The molecule has 1 saturated carbocycles. The molecule has 2 aromatic carbocycles. The molecular formula is C36H52N2O5S2. The zero-order chi connectivity index (χ0) is 33.1. The fraction of sp³-hybridized carbons (Fsp3) is 0.583. The van der Waals surface area contributed by atoms with E-state index < -0.39 is 29.6 Å². The maximum absolute atomic E-state index is 14.4. The maximum Gasteiger partial charge on any atom is 0.418 e. The Kier molecular flexibility index (Phi) is 14.3. The molecule has 2 amide bonds.